The number of hydrogen-bond acceptors (Lipinski definition) is 4. The van der Waals surface area contributed by atoms with E-state index >= 15 is 0 Å². The Kier molecular flexibility index (Phi) is 6.29. The highest BCUT2D eigenvalue weighted by molar-refractivity contribution is 5.93. The summed E-state index contributed by atoms with van der Waals surface area (Å²) in [5, 5.41) is 2.74. The number of pyridine rings is 1. The van der Waals surface area contributed by atoms with Crippen LogP contribution in [-0.4, -0.2) is 27.4 Å². The molecule has 1 amide bonds. The van der Waals surface area contributed by atoms with Crippen molar-refractivity contribution >= 4 is 24.0 Å². The number of halogens is 1. The smallest absolute Gasteiger partial charge is 0.270 e. The number of amides is 1. The number of aromatic nitrogens is 2. The zero-order chi connectivity index (χ0) is 16.3. The molecule has 0 radical (unpaired) electrons. The van der Waals surface area contributed by atoms with Gasteiger partial charge in [0.25, 0.3) is 11.5 Å². The van der Waals surface area contributed by atoms with Gasteiger partial charge in [-0.3, -0.25) is 14.0 Å². The molecule has 7 heteroatoms. The van der Waals surface area contributed by atoms with Gasteiger partial charge in [-0.25, -0.2) is 4.98 Å². The fourth-order valence-corrected chi connectivity index (χ4v) is 2.19. The van der Waals surface area contributed by atoms with Gasteiger partial charge >= 0.3 is 0 Å². The van der Waals surface area contributed by atoms with Crippen molar-refractivity contribution in [3.8, 4) is 0 Å². The van der Waals surface area contributed by atoms with E-state index < -0.39 is 11.4 Å². The molecule has 0 aliphatic carbocycles. The molecular weight excluding hydrogens is 316 g/mol. The summed E-state index contributed by atoms with van der Waals surface area (Å²) in [4.78, 5) is 28.8. The van der Waals surface area contributed by atoms with E-state index in [-0.39, 0.29) is 23.5 Å². The highest BCUT2D eigenvalue weighted by atomic mass is 35.5. The van der Waals surface area contributed by atoms with Gasteiger partial charge in [0.1, 0.15) is 11.2 Å². The van der Waals surface area contributed by atoms with Crippen molar-refractivity contribution in [3.05, 3.63) is 46.0 Å². The summed E-state index contributed by atoms with van der Waals surface area (Å²) in [5.74, 6) is -0.440. The molecule has 23 heavy (non-hydrogen) atoms. The molecule has 126 valence electrons. The molecule has 2 rings (SSSR count). The summed E-state index contributed by atoms with van der Waals surface area (Å²) in [6.07, 6.45) is 4.49. The first kappa shape index (κ1) is 19.1. The molecule has 0 unspecified atom stereocenters. The van der Waals surface area contributed by atoms with Gasteiger partial charge in [0.05, 0.1) is 0 Å². The molecule has 2 aromatic rings. The van der Waals surface area contributed by atoms with Crippen LogP contribution in [0.1, 0.15) is 42.6 Å². The Hall–Kier alpha value is -1.92. The van der Waals surface area contributed by atoms with Crippen LogP contribution >= 0.6 is 12.4 Å². The van der Waals surface area contributed by atoms with Crippen LogP contribution < -0.4 is 16.6 Å². The van der Waals surface area contributed by atoms with Gasteiger partial charge in [0.15, 0.2) is 0 Å². The minimum Gasteiger partial charge on any atom is -0.350 e. The van der Waals surface area contributed by atoms with Crippen LogP contribution in [0.2, 0.25) is 0 Å². The lowest BCUT2D eigenvalue weighted by Gasteiger charge is -2.26. The summed E-state index contributed by atoms with van der Waals surface area (Å²) >= 11 is 0. The molecule has 0 saturated carbocycles. The summed E-state index contributed by atoms with van der Waals surface area (Å²) < 4.78 is 1.39. The normalized spacial score (nSPS) is 11.1. The van der Waals surface area contributed by atoms with Gasteiger partial charge in [0.2, 0.25) is 0 Å². The third-order valence-corrected chi connectivity index (χ3v) is 4.10. The Labute approximate surface area is 141 Å². The summed E-state index contributed by atoms with van der Waals surface area (Å²) in [5.41, 5.74) is 6.80. The summed E-state index contributed by atoms with van der Waals surface area (Å²) in [7, 11) is 0. The molecule has 0 fully saturated rings. The lowest BCUT2D eigenvalue weighted by Crippen LogP contribution is -2.49. The number of nitrogens with one attached hydrogen (secondary N) is 1. The highest BCUT2D eigenvalue weighted by Crippen LogP contribution is 2.09. The third-order valence-electron chi connectivity index (χ3n) is 4.10. The Balaban J connectivity index is 0.00000264. The number of carbonyl (C=O) groups is 1. The van der Waals surface area contributed by atoms with Crippen molar-refractivity contribution in [2.45, 2.75) is 39.2 Å². The van der Waals surface area contributed by atoms with Gasteiger partial charge in [-0.15, -0.1) is 12.4 Å². The zero-order valence-electron chi connectivity index (χ0n) is 13.6. The number of nitrogens with zero attached hydrogens (tertiary/aromatic N) is 2. The van der Waals surface area contributed by atoms with Crippen LogP contribution in [0.25, 0.3) is 5.65 Å². The Morgan fingerprint density at radius 2 is 2.00 bits per heavy atom. The number of hydrogen-bond donors (Lipinski definition) is 2. The van der Waals surface area contributed by atoms with Crippen LogP contribution in [0.15, 0.2) is 29.3 Å². The molecule has 3 N–H and O–H groups in total. The van der Waals surface area contributed by atoms with Crippen molar-refractivity contribution in [1.29, 1.82) is 0 Å². The molecule has 0 atom stereocenters. The first-order chi connectivity index (χ1) is 10.4. The summed E-state index contributed by atoms with van der Waals surface area (Å²) in [6.45, 7) is 6.16. The number of rotatable bonds is 5. The molecule has 2 heterocycles. The lowest BCUT2D eigenvalue weighted by molar-refractivity contribution is 0.0940. The third kappa shape index (κ3) is 4.09. The molecule has 0 aliphatic rings. The molecular formula is C16H23ClN4O2. The van der Waals surface area contributed by atoms with Gasteiger partial charge in [-0.05, 0) is 31.4 Å². The average Bonchev–Trinajstić information content (AvgIpc) is 2.53. The standard InChI is InChI=1S/C16H22N4O2.ClH/c1-4-16(17,5-2)10-19-14(21)12-8-18-13-7-6-11(3)9-20(13)15(12)22;/h6-9H,4-5,10,17H2,1-3H3,(H,19,21);1H. The Bertz CT molecular complexity index is 753. The molecule has 0 aliphatic heterocycles. The van der Waals surface area contributed by atoms with E-state index in [1.165, 1.54) is 10.6 Å². The quantitative estimate of drug-likeness (QED) is 0.867. The van der Waals surface area contributed by atoms with Gasteiger partial charge in [0, 0.05) is 24.5 Å². The predicted octanol–water partition coefficient (Wildman–Crippen LogP) is 1.67. The van der Waals surface area contributed by atoms with E-state index in [0.29, 0.717) is 12.2 Å². The Morgan fingerprint density at radius 1 is 1.35 bits per heavy atom. The van der Waals surface area contributed by atoms with Crippen LogP contribution in [0.4, 0.5) is 0 Å². The lowest BCUT2D eigenvalue weighted by atomic mass is 9.94. The van der Waals surface area contributed by atoms with Crippen molar-refractivity contribution in [3.63, 3.8) is 0 Å². The maximum absolute atomic E-state index is 12.4. The number of aryl methyl sites for hydroxylation is 1. The monoisotopic (exact) mass is 338 g/mol. The van der Waals surface area contributed by atoms with E-state index in [0.717, 1.165) is 18.4 Å². The first-order valence-electron chi connectivity index (χ1n) is 7.45. The molecule has 0 bridgehead atoms. The molecule has 0 aromatic carbocycles. The van der Waals surface area contributed by atoms with Crippen molar-refractivity contribution in [1.82, 2.24) is 14.7 Å². The molecule has 0 saturated heterocycles. The maximum Gasteiger partial charge on any atom is 0.270 e. The molecule has 2 aromatic heterocycles. The van der Waals surface area contributed by atoms with Crippen LogP contribution in [-0.2, 0) is 0 Å². The Morgan fingerprint density at radius 3 is 2.61 bits per heavy atom. The van der Waals surface area contributed by atoms with Crippen molar-refractivity contribution in [2.24, 2.45) is 5.73 Å². The minimum absolute atomic E-state index is 0. The van der Waals surface area contributed by atoms with Crippen molar-refractivity contribution in [2.75, 3.05) is 6.54 Å². The zero-order valence-corrected chi connectivity index (χ0v) is 14.4. The molecule has 6 nitrogen and oxygen atoms in total. The van der Waals surface area contributed by atoms with E-state index in [2.05, 4.69) is 10.3 Å². The first-order valence-corrected chi connectivity index (χ1v) is 7.45. The van der Waals surface area contributed by atoms with E-state index in [1.807, 2.05) is 26.8 Å². The van der Waals surface area contributed by atoms with Crippen LogP contribution in [0.3, 0.4) is 0 Å². The van der Waals surface area contributed by atoms with E-state index in [9.17, 15) is 9.59 Å². The fourth-order valence-electron chi connectivity index (χ4n) is 2.19. The second kappa shape index (κ2) is 7.57. The molecule has 0 spiro atoms. The SMILES string of the molecule is CCC(N)(CC)CNC(=O)c1cnc2ccc(C)cn2c1=O.Cl. The topological polar surface area (TPSA) is 89.5 Å². The predicted molar refractivity (Wildman–Crippen MR) is 93.3 cm³/mol. The largest absolute Gasteiger partial charge is 0.350 e. The van der Waals surface area contributed by atoms with Crippen LogP contribution in [0.5, 0.6) is 0 Å². The number of nitrogens with two attached hydrogens (primary N) is 1. The van der Waals surface area contributed by atoms with Crippen LogP contribution in [0, 0.1) is 6.92 Å². The highest BCUT2D eigenvalue weighted by Gasteiger charge is 2.22. The second-order valence-corrected chi connectivity index (χ2v) is 5.66. The second-order valence-electron chi connectivity index (χ2n) is 5.66. The van der Waals surface area contributed by atoms with Gasteiger partial charge < -0.3 is 11.1 Å². The van der Waals surface area contributed by atoms with E-state index in [4.69, 9.17) is 5.73 Å². The van der Waals surface area contributed by atoms with E-state index in [1.54, 1.807) is 12.3 Å². The average molecular weight is 339 g/mol. The fraction of sp³-hybridized carbons (Fsp3) is 0.438. The minimum atomic E-state index is -0.452. The van der Waals surface area contributed by atoms with Crippen molar-refractivity contribution < 1.29 is 4.79 Å². The summed E-state index contributed by atoms with van der Waals surface area (Å²) in [6, 6.07) is 3.62. The number of carbonyl (C=O) groups excluding carboxylic acids is 1. The number of fused-ring (bicyclic) bond motifs is 1. The maximum atomic E-state index is 12.4. The van der Waals surface area contributed by atoms with Gasteiger partial charge in [-0.1, -0.05) is 19.9 Å². The van der Waals surface area contributed by atoms with Gasteiger partial charge in [-0.2, -0.15) is 0 Å².